The number of hydrogen-bond acceptors (Lipinski definition) is 8. The SMILES string of the molecule is CC(C)COc1ccc(F)c(-c2ccc(C(=O)NS(=O)(=O)c3cccc(N)n3)c(N3CC(C)CC3(C)C)n2)c1. The van der Waals surface area contributed by atoms with E-state index in [-0.39, 0.29) is 33.3 Å². The molecule has 1 aliphatic rings. The van der Waals surface area contributed by atoms with Gasteiger partial charge in [-0.05, 0) is 74.6 Å². The summed E-state index contributed by atoms with van der Waals surface area (Å²) in [5.41, 5.74) is 5.80. The first-order valence-corrected chi connectivity index (χ1v) is 14.3. The highest BCUT2D eigenvalue weighted by Gasteiger charge is 2.39. The Morgan fingerprint density at radius 1 is 1.21 bits per heavy atom. The van der Waals surface area contributed by atoms with Gasteiger partial charge in [-0.15, -0.1) is 0 Å². The number of pyridine rings is 2. The molecule has 0 bridgehead atoms. The molecule has 1 aliphatic heterocycles. The highest BCUT2D eigenvalue weighted by molar-refractivity contribution is 7.90. The fraction of sp³-hybridized carbons (Fsp3) is 0.393. The van der Waals surface area contributed by atoms with E-state index in [1.54, 1.807) is 12.1 Å². The predicted molar refractivity (Wildman–Crippen MR) is 148 cm³/mol. The van der Waals surface area contributed by atoms with Gasteiger partial charge < -0.3 is 15.4 Å². The largest absolute Gasteiger partial charge is 0.493 e. The summed E-state index contributed by atoms with van der Waals surface area (Å²) in [7, 11) is -4.31. The molecule has 0 saturated carbocycles. The highest BCUT2D eigenvalue weighted by atomic mass is 32.2. The predicted octanol–water partition coefficient (Wildman–Crippen LogP) is 4.64. The molecule has 0 aliphatic carbocycles. The molecule has 1 fully saturated rings. The zero-order chi connectivity index (χ0) is 28.5. The number of carbonyl (C=O) groups is 1. The molecule has 2 aromatic heterocycles. The topological polar surface area (TPSA) is 128 Å². The van der Waals surface area contributed by atoms with Crippen molar-refractivity contribution < 1.29 is 22.3 Å². The van der Waals surface area contributed by atoms with Gasteiger partial charge in [0.1, 0.15) is 23.2 Å². The van der Waals surface area contributed by atoms with Crippen molar-refractivity contribution in [2.45, 2.75) is 51.6 Å². The van der Waals surface area contributed by atoms with Crippen LogP contribution < -0.4 is 20.1 Å². The third-order valence-corrected chi connectivity index (χ3v) is 7.73. The number of nitrogens with two attached hydrogens (primary N) is 1. The van der Waals surface area contributed by atoms with Gasteiger partial charge in [-0.1, -0.05) is 26.8 Å². The molecule has 208 valence electrons. The maximum Gasteiger partial charge on any atom is 0.281 e. The molecule has 1 aromatic carbocycles. The van der Waals surface area contributed by atoms with Crippen LogP contribution in [0.25, 0.3) is 11.3 Å². The monoisotopic (exact) mass is 555 g/mol. The second-order valence-electron chi connectivity index (χ2n) is 11.0. The van der Waals surface area contributed by atoms with Gasteiger partial charge in [-0.2, -0.15) is 8.42 Å². The van der Waals surface area contributed by atoms with Crippen LogP contribution in [0.1, 0.15) is 51.4 Å². The number of benzene rings is 1. The van der Waals surface area contributed by atoms with Gasteiger partial charge in [-0.25, -0.2) is 19.1 Å². The minimum absolute atomic E-state index is 0.00599. The lowest BCUT2D eigenvalue weighted by Crippen LogP contribution is -2.41. The number of halogens is 1. The lowest BCUT2D eigenvalue weighted by molar-refractivity contribution is 0.0981. The maximum atomic E-state index is 15.0. The summed E-state index contributed by atoms with van der Waals surface area (Å²) in [6, 6.07) is 11.6. The van der Waals surface area contributed by atoms with E-state index in [9.17, 15) is 17.6 Å². The fourth-order valence-corrected chi connectivity index (χ4v) is 5.75. The van der Waals surface area contributed by atoms with Gasteiger partial charge >= 0.3 is 0 Å². The summed E-state index contributed by atoms with van der Waals surface area (Å²) >= 11 is 0. The Labute approximate surface area is 228 Å². The van der Waals surface area contributed by atoms with E-state index >= 15 is 0 Å². The van der Waals surface area contributed by atoms with Crippen LogP contribution in [0.15, 0.2) is 53.6 Å². The third-order valence-electron chi connectivity index (χ3n) is 6.49. The Morgan fingerprint density at radius 3 is 2.59 bits per heavy atom. The first-order chi connectivity index (χ1) is 18.3. The molecule has 39 heavy (non-hydrogen) atoms. The van der Waals surface area contributed by atoms with Crippen LogP contribution in [0.5, 0.6) is 5.75 Å². The second kappa shape index (κ2) is 10.8. The molecule has 1 amide bonds. The molecule has 0 spiro atoms. The Bertz CT molecular complexity index is 1490. The maximum absolute atomic E-state index is 15.0. The number of amides is 1. The molecule has 9 nitrogen and oxygen atoms in total. The van der Waals surface area contributed by atoms with Gasteiger partial charge in [-0.3, -0.25) is 4.79 Å². The van der Waals surface area contributed by atoms with Crippen LogP contribution in [0, 0.1) is 17.7 Å². The number of nitrogens with one attached hydrogen (secondary N) is 1. The van der Waals surface area contributed by atoms with Crippen LogP contribution >= 0.6 is 0 Å². The van der Waals surface area contributed by atoms with Gasteiger partial charge in [0, 0.05) is 17.6 Å². The molecule has 3 aromatic rings. The van der Waals surface area contributed by atoms with Crippen molar-refractivity contribution in [3.8, 4) is 17.0 Å². The smallest absolute Gasteiger partial charge is 0.281 e. The van der Waals surface area contributed by atoms with Crippen LogP contribution in [0.3, 0.4) is 0 Å². The van der Waals surface area contributed by atoms with Gasteiger partial charge in [0.15, 0.2) is 5.03 Å². The highest BCUT2D eigenvalue weighted by Crippen LogP contribution is 2.39. The molecular formula is C28H34FN5O4S. The average Bonchev–Trinajstić information content (AvgIpc) is 3.14. The normalized spacial score (nSPS) is 16.9. The fourth-order valence-electron chi connectivity index (χ4n) is 4.80. The zero-order valence-electron chi connectivity index (χ0n) is 22.7. The van der Waals surface area contributed by atoms with Crippen molar-refractivity contribution in [3.05, 3.63) is 59.9 Å². The quantitative estimate of drug-likeness (QED) is 0.411. The van der Waals surface area contributed by atoms with E-state index in [0.717, 1.165) is 6.42 Å². The minimum Gasteiger partial charge on any atom is -0.493 e. The lowest BCUT2D eigenvalue weighted by atomic mass is 9.97. The number of carbonyl (C=O) groups excluding carboxylic acids is 1. The van der Waals surface area contributed by atoms with Gasteiger partial charge in [0.05, 0.1) is 17.9 Å². The Morgan fingerprint density at radius 2 is 1.95 bits per heavy atom. The number of sulfonamides is 1. The van der Waals surface area contributed by atoms with Crippen LogP contribution in [0.4, 0.5) is 16.0 Å². The van der Waals surface area contributed by atoms with E-state index in [0.29, 0.717) is 36.4 Å². The first kappa shape index (κ1) is 28.3. The van der Waals surface area contributed by atoms with Crippen molar-refractivity contribution in [2.24, 2.45) is 11.8 Å². The molecule has 3 N–H and O–H groups in total. The molecule has 3 heterocycles. The number of aromatic nitrogens is 2. The molecule has 0 radical (unpaired) electrons. The van der Waals surface area contributed by atoms with Crippen LogP contribution in [0.2, 0.25) is 0 Å². The standard InChI is InChI=1S/C28H34FN5O4S/c1-17(2)16-38-19-9-11-22(29)21(13-19)23-12-10-20(26(31-23)34-15-18(3)14-28(34,4)5)27(35)33-39(36,37)25-8-6-7-24(30)32-25/h6-13,17-18H,14-16H2,1-5H3,(H2,30,32)(H,33,35). The summed E-state index contributed by atoms with van der Waals surface area (Å²) < 4.78 is 48.7. The Kier molecular flexibility index (Phi) is 7.83. The summed E-state index contributed by atoms with van der Waals surface area (Å²) in [6.07, 6.45) is 0.832. The van der Waals surface area contributed by atoms with Gasteiger partial charge in [0.25, 0.3) is 15.9 Å². The van der Waals surface area contributed by atoms with Crippen molar-refractivity contribution >= 4 is 27.6 Å². The van der Waals surface area contributed by atoms with Crippen molar-refractivity contribution in [3.63, 3.8) is 0 Å². The van der Waals surface area contributed by atoms with Crippen molar-refractivity contribution in [2.75, 3.05) is 23.8 Å². The van der Waals surface area contributed by atoms with E-state index in [4.69, 9.17) is 15.5 Å². The van der Waals surface area contributed by atoms with Crippen LogP contribution in [-0.2, 0) is 10.0 Å². The van der Waals surface area contributed by atoms with E-state index < -0.39 is 21.7 Å². The summed E-state index contributed by atoms with van der Waals surface area (Å²) in [4.78, 5) is 23.9. The van der Waals surface area contributed by atoms with Crippen LogP contribution in [-0.4, -0.2) is 43.0 Å². The number of anilines is 2. The molecule has 1 saturated heterocycles. The van der Waals surface area contributed by atoms with E-state index in [1.807, 2.05) is 32.6 Å². The van der Waals surface area contributed by atoms with E-state index in [2.05, 4.69) is 16.6 Å². The average molecular weight is 556 g/mol. The zero-order valence-corrected chi connectivity index (χ0v) is 23.5. The number of rotatable bonds is 8. The van der Waals surface area contributed by atoms with Gasteiger partial charge in [0.2, 0.25) is 0 Å². The second-order valence-corrected chi connectivity index (χ2v) is 12.6. The Balaban J connectivity index is 1.77. The molecule has 1 atom stereocenters. The van der Waals surface area contributed by atoms with E-state index in [1.165, 1.54) is 36.4 Å². The summed E-state index contributed by atoms with van der Waals surface area (Å²) in [5.74, 6) is -0.00841. The number of nitrogen functional groups attached to an aromatic ring is 1. The Hall–Kier alpha value is -3.73. The lowest BCUT2D eigenvalue weighted by Gasteiger charge is -2.34. The van der Waals surface area contributed by atoms with Crippen molar-refractivity contribution in [1.29, 1.82) is 0 Å². The summed E-state index contributed by atoms with van der Waals surface area (Å²) in [6.45, 7) is 11.2. The number of ether oxygens (including phenoxy) is 1. The molecular weight excluding hydrogens is 521 g/mol. The molecule has 4 rings (SSSR count). The first-order valence-electron chi connectivity index (χ1n) is 12.8. The third kappa shape index (κ3) is 6.30. The molecule has 11 heteroatoms. The molecule has 1 unspecified atom stereocenters. The minimum atomic E-state index is -4.31. The summed E-state index contributed by atoms with van der Waals surface area (Å²) in [5, 5.41) is -0.377. The number of hydrogen-bond donors (Lipinski definition) is 2. The van der Waals surface area contributed by atoms with Crippen molar-refractivity contribution in [1.82, 2.24) is 14.7 Å². The number of nitrogens with zero attached hydrogens (tertiary/aromatic N) is 3.